The van der Waals surface area contributed by atoms with Crippen molar-refractivity contribution in [1.82, 2.24) is 0 Å². The number of methoxy groups -OCH3 is 1. The highest BCUT2D eigenvalue weighted by atomic mass is 16.5. The summed E-state index contributed by atoms with van der Waals surface area (Å²) in [6.07, 6.45) is 11.1. The van der Waals surface area contributed by atoms with Gasteiger partial charge in [-0.05, 0) is 12.3 Å². The molecule has 0 aromatic heterocycles. The second kappa shape index (κ2) is 11.0. The molecule has 0 aromatic rings. The molecule has 0 heterocycles. The first-order chi connectivity index (χ1) is 7.70. The Bertz CT molecular complexity index is 160. The van der Waals surface area contributed by atoms with E-state index in [4.69, 9.17) is 0 Å². The van der Waals surface area contributed by atoms with Crippen molar-refractivity contribution in [2.75, 3.05) is 7.11 Å². The van der Waals surface area contributed by atoms with Crippen LogP contribution in [0.25, 0.3) is 0 Å². The van der Waals surface area contributed by atoms with Gasteiger partial charge in [0.2, 0.25) is 0 Å². The molecule has 0 N–H and O–H groups in total. The summed E-state index contributed by atoms with van der Waals surface area (Å²) >= 11 is 0. The predicted octanol–water partition coefficient (Wildman–Crippen LogP) is 4.33. The lowest BCUT2D eigenvalue weighted by molar-refractivity contribution is -0.140. The quantitative estimate of drug-likeness (QED) is 0.517. The zero-order valence-electron chi connectivity index (χ0n) is 11.3. The standard InChI is InChI=1S/C8H16O2.C6H12/c1-3-4-5-6-7-8(9)10-2;1-6-4-2-3-5-6/h3-7H2,1-2H3;6H,2-5H2,1H3. The Kier molecular flexibility index (Phi) is 10.6. The van der Waals surface area contributed by atoms with Crippen LogP contribution in [-0.2, 0) is 9.53 Å². The average Bonchev–Trinajstić information content (AvgIpc) is 2.76. The number of carbonyl (C=O) groups is 1. The molecule has 2 heteroatoms. The van der Waals surface area contributed by atoms with Crippen molar-refractivity contribution in [3.05, 3.63) is 0 Å². The minimum Gasteiger partial charge on any atom is -0.469 e. The second-order valence-corrected chi connectivity index (χ2v) is 4.78. The lowest BCUT2D eigenvalue weighted by Crippen LogP contribution is -1.98. The number of esters is 1. The van der Waals surface area contributed by atoms with E-state index >= 15 is 0 Å². The fraction of sp³-hybridized carbons (Fsp3) is 0.929. The first kappa shape index (κ1) is 15.5. The van der Waals surface area contributed by atoms with Crippen LogP contribution in [0.4, 0.5) is 0 Å². The molecule has 1 aliphatic rings. The minimum absolute atomic E-state index is 0.0869. The molecule has 1 aliphatic carbocycles. The highest BCUT2D eigenvalue weighted by Gasteiger charge is 2.07. The maximum Gasteiger partial charge on any atom is 0.305 e. The molecule has 0 saturated heterocycles. The zero-order valence-corrected chi connectivity index (χ0v) is 11.3. The number of rotatable bonds is 5. The molecular weight excluding hydrogens is 200 g/mol. The molecule has 1 saturated carbocycles. The van der Waals surface area contributed by atoms with Gasteiger partial charge in [0.05, 0.1) is 7.11 Å². The molecule has 0 unspecified atom stereocenters. The van der Waals surface area contributed by atoms with Gasteiger partial charge in [-0.25, -0.2) is 0 Å². The van der Waals surface area contributed by atoms with E-state index in [0.29, 0.717) is 6.42 Å². The van der Waals surface area contributed by atoms with E-state index in [1.165, 1.54) is 45.6 Å². The van der Waals surface area contributed by atoms with Crippen molar-refractivity contribution in [1.29, 1.82) is 0 Å². The predicted molar refractivity (Wildman–Crippen MR) is 68.4 cm³/mol. The number of ether oxygens (including phenoxy) is 1. The average molecular weight is 228 g/mol. The summed E-state index contributed by atoms with van der Waals surface area (Å²) in [5, 5.41) is 0. The van der Waals surface area contributed by atoms with E-state index in [1.54, 1.807) is 0 Å². The summed E-state index contributed by atoms with van der Waals surface area (Å²) in [5.74, 6) is 0.959. The molecule has 96 valence electrons. The van der Waals surface area contributed by atoms with Gasteiger partial charge in [0, 0.05) is 6.42 Å². The largest absolute Gasteiger partial charge is 0.469 e. The smallest absolute Gasteiger partial charge is 0.305 e. The molecule has 0 aromatic carbocycles. The molecule has 0 radical (unpaired) electrons. The molecule has 2 nitrogen and oxygen atoms in total. The monoisotopic (exact) mass is 228 g/mol. The lowest BCUT2D eigenvalue weighted by Gasteiger charge is -1.97. The Balaban J connectivity index is 0.000000315. The van der Waals surface area contributed by atoms with Crippen LogP contribution in [0.5, 0.6) is 0 Å². The molecule has 1 rings (SSSR count). The number of hydrogen-bond acceptors (Lipinski definition) is 2. The van der Waals surface area contributed by atoms with Crippen LogP contribution >= 0.6 is 0 Å². The van der Waals surface area contributed by atoms with Crippen LogP contribution in [0, 0.1) is 5.92 Å². The van der Waals surface area contributed by atoms with Gasteiger partial charge in [0.15, 0.2) is 0 Å². The topological polar surface area (TPSA) is 26.3 Å². The van der Waals surface area contributed by atoms with E-state index in [1.807, 2.05) is 0 Å². The van der Waals surface area contributed by atoms with Crippen LogP contribution in [0.1, 0.15) is 71.6 Å². The van der Waals surface area contributed by atoms with Crippen molar-refractivity contribution in [3.8, 4) is 0 Å². The SMILES string of the molecule is CC1CCCC1.CCCCCCC(=O)OC. The summed E-state index contributed by atoms with van der Waals surface area (Å²) in [7, 11) is 1.43. The molecule has 0 aliphatic heterocycles. The van der Waals surface area contributed by atoms with Crippen molar-refractivity contribution >= 4 is 5.97 Å². The maximum absolute atomic E-state index is 10.6. The van der Waals surface area contributed by atoms with Crippen LogP contribution in [0.15, 0.2) is 0 Å². The first-order valence-corrected chi connectivity index (χ1v) is 6.77. The highest BCUT2D eigenvalue weighted by Crippen LogP contribution is 2.22. The third-order valence-corrected chi connectivity index (χ3v) is 3.11. The zero-order chi connectivity index (χ0) is 12.2. The van der Waals surface area contributed by atoms with Crippen molar-refractivity contribution in [3.63, 3.8) is 0 Å². The van der Waals surface area contributed by atoms with Gasteiger partial charge in [-0.1, -0.05) is 58.8 Å². The Labute approximate surface area is 101 Å². The Morgan fingerprint density at radius 3 is 2.19 bits per heavy atom. The maximum atomic E-state index is 10.6. The van der Waals surface area contributed by atoms with Gasteiger partial charge < -0.3 is 4.74 Å². The molecule has 1 fully saturated rings. The first-order valence-electron chi connectivity index (χ1n) is 6.77. The highest BCUT2D eigenvalue weighted by molar-refractivity contribution is 5.68. The molecule has 0 amide bonds. The second-order valence-electron chi connectivity index (χ2n) is 4.78. The summed E-state index contributed by atoms with van der Waals surface area (Å²) in [6, 6.07) is 0. The fourth-order valence-corrected chi connectivity index (χ4v) is 1.93. The van der Waals surface area contributed by atoms with Crippen molar-refractivity contribution in [2.45, 2.75) is 71.6 Å². The van der Waals surface area contributed by atoms with E-state index in [0.717, 1.165) is 18.8 Å². The van der Waals surface area contributed by atoms with Gasteiger partial charge in [-0.15, -0.1) is 0 Å². The van der Waals surface area contributed by atoms with Crippen LogP contribution in [0.3, 0.4) is 0 Å². The Morgan fingerprint density at radius 2 is 1.81 bits per heavy atom. The van der Waals surface area contributed by atoms with E-state index in [2.05, 4.69) is 18.6 Å². The summed E-state index contributed by atoms with van der Waals surface area (Å²) < 4.78 is 4.49. The van der Waals surface area contributed by atoms with Gasteiger partial charge >= 0.3 is 5.97 Å². The third-order valence-electron chi connectivity index (χ3n) is 3.11. The van der Waals surface area contributed by atoms with Gasteiger partial charge in [-0.3, -0.25) is 4.79 Å². The molecular formula is C14H28O2. The van der Waals surface area contributed by atoms with Crippen molar-refractivity contribution < 1.29 is 9.53 Å². The normalized spacial score (nSPS) is 15.4. The fourth-order valence-electron chi connectivity index (χ4n) is 1.93. The number of carbonyl (C=O) groups excluding carboxylic acids is 1. The van der Waals surface area contributed by atoms with E-state index in [-0.39, 0.29) is 5.97 Å². The summed E-state index contributed by atoms with van der Waals surface area (Å²) in [6.45, 7) is 4.49. The van der Waals surface area contributed by atoms with Gasteiger partial charge in [0.1, 0.15) is 0 Å². The van der Waals surface area contributed by atoms with Crippen LogP contribution < -0.4 is 0 Å². The summed E-state index contributed by atoms with van der Waals surface area (Å²) in [5.41, 5.74) is 0. The molecule has 0 atom stereocenters. The lowest BCUT2D eigenvalue weighted by atomic mass is 10.2. The molecule has 0 bridgehead atoms. The van der Waals surface area contributed by atoms with Gasteiger partial charge in [-0.2, -0.15) is 0 Å². The van der Waals surface area contributed by atoms with Crippen molar-refractivity contribution in [2.24, 2.45) is 5.92 Å². The number of hydrogen-bond donors (Lipinski definition) is 0. The van der Waals surface area contributed by atoms with E-state index in [9.17, 15) is 4.79 Å². The minimum atomic E-state index is -0.0869. The molecule has 0 spiro atoms. The third kappa shape index (κ3) is 10.0. The Morgan fingerprint density at radius 1 is 1.19 bits per heavy atom. The molecule has 16 heavy (non-hydrogen) atoms. The van der Waals surface area contributed by atoms with Crippen LogP contribution in [0.2, 0.25) is 0 Å². The van der Waals surface area contributed by atoms with E-state index < -0.39 is 0 Å². The summed E-state index contributed by atoms with van der Waals surface area (Å²) in [4.78, 5) is 10.6. The van der Waals surface area contributed by atoms with Gasteiger partial charge in [0.25, 0.3) is 0 Å². The van der Waals surface area contributed by atoms with Crippen LogP contribution in [-0.4, -0.2) is 13.1 Å². The number of unbranched alkanes of at least 4 members (excludes halogenated alkanes) is 3. The Hall–Kier alpha value is -0.530.